The summed E-state index contributed by atoms with van der Waals surface area (Å²) in [6.07, 6.45) is 3.88. The third-order valence-corrected chi connectivity index (χ3v) is 6.07. The zero-order valence-electron chi connectivity index (χ0n) is 19.4. The lowest BCUT2D eigenvalue weighted by atomic mass is 10.1. The van der Waals surface area contributed by atoms with Crippen molar-refractivity contribution in [1.82, 2.24) is 15.1 Å². The van der Waals surface area contributed by atoms with Gasteiger partial charge in [0.25, 0.3) is 0 Å². The number of guanidine groups is 1. The quantitative estimate of drug-likeness (QED) is 0.308. The van der Waals surface area contributed by atoms with Crippen LogP contribution >= 0.6 is 24.0 Å². The van der Waals surface area contributed by atoms with Gasteiger partial charge < -0.3 is 19.9 Å². The van der Waals surface area contributed by atoms with Gasteiger partial charge in [-0.05, 0) is 36.6 Å². The van der Waals surface area contributed by atoms with E-state index in [0.29, 0.717) is 19.5 Å². The van der Waals surface area contributed by atoms with E-state index in [4.69, 9.17) is 9.73 Å². The van der Waals surface area contributed by atoms with Crippen molar-refractivity contribution >= 4 is 35.8 Å². The molecule has 4 rings (SSSR count). The highest BCUT2D eigenvalue weighted by Crippen LogP contribution is 2.19. The van der Waals surface area contributed by atoms with E-state index in [-0.39, 0.29) is 36.0 Å². The number of rotatable bonds is 7. The number of halogens is 1. The zero-order valence-corrected chi connectivity index (χ0v) is 21.7. The lowest BCUT2D eigenvalue weighted by Gasteiger charge is -2.34. The molecule has 0 bridgehead atoms. The van der Waals surface area contributed by atoms with Crippen LogP contribution in [0.1, 0.15) is 43.7 Å². The summed E-state index contributed by atoms with van der Waals surface area (Å²) in [6.45, 7) is 7.01. The van der Waals surface area contributed by atoms with Crippen LogP contribution in [0.4, 0.5) is 0 Å². The lowest BCUT2D eigenvalue weighted by Crippen LogP contribution is -2.47. The Labute approximate surface area is 214 Å². The Balaban J connectivity index is 0.00000306. The van der Waals surface area contributed by atoms with E-state index in [1.54, 1.807) is 0 Å². The summed E-state index contributed by atoms with van der Waals surface area (Å²) in [4.78, 5) is 21.1. The fraction of sp³-hybridized carbons (Fsp3) is 0.462. The van der Waals surface area contributed by atoms with Gasteiger partial charge in [-0.2, -0.15) is 0 Å². The first kappa shape index (κ1) is 25.3. The van der Waals surface area contributed by atoms with Crippen LogP contribution in [0.5, 0.6) is 5.75 Å². The van der Waals surface area contributed by atoms with Crippen molar-refractivity contribution in [2.24, 2.45) is 4.99 Å². The summed E-state index contributed by atoms with van der Waals surface area (Å²) in [5, 5.41) is 3.45. The van der Waals surface area contributed by atoms with Gasteiger partial charge >= 0.3 is 0 Å². The number of benzene rings is 2. The van der Waals surface area contributed by atoms with Crippen LogP contribution in [0.2, 0.25) is 0 Å². The molecule has 2 aromatic rings. The topological polar surface area (TPSA) is 57.2 Å². The van der Waals surface area contributed by atoms with Crippen LogP contribution in [0.3, 0.4) is 0 Å². The molecular weight excluding hydrogens is 527 g/mol. The molecule has 2 heterocycles. The minimum atomic E-state index is 0. The van der Waals surface area contributed by atoms with Crippen LogP contribution in [0.15, 0.2) is 59.6 Å². The monoisotopic (exact) mass is 562 g/mol. The number of likely N-dealkylation sites (tertiary alicyclic amines) is 2. The molecule has 2 fully saturated rings. The van der Waals surface area contributed by atoms with Gasteiger partial charge in [-0.15, -0.1) is 24.0 Å². The maximum absolute atomic E-state index is 11.9. The number of nitrogens with one attached hydrogen (secondary N) is 1. The van der Waals surface area contributed by atoms with E-state index in [2.05, 4.69) is 41.4 Å². The van der Waals surface area contributed by atoms with E-state index in [1.165, 1.54) is 11.1 Å². The average Bonchev–Trinajstić information content (AvgIpc) is 3.22. The van der Waals surface area contributed by atoms with Gasteiger partial charge in [-0.25, -0.2) is 4.99 Å². The molecular formula is C26H35IN4O2. The highest BCUT2D eigenvalue weighted by molar-refractivity contribution is 14.0. The fourth-order valence-corrected chi connectivity index (χ4v) is 4.39. The molecule has 6 nitrogen and oxygen atoms in total. The number of hydrogen-bond donors (Lipinski definition) is 1. The van der Waals surface area contributed by atoms with Crippen LogP contribution < -0.4 is 10.1 Å². The van der Waals surface area contributed by atoms with E-state index in [1.807, 2.05) is 35.2 Å². The Hall–Kier alpha value is -2.29. The van der Waals surface area contributed by atoms with E-state index >= 15 is 0 Å². The Morgan fingerprint density at radius 2 is 1.82 bits per heavy atom. The Bertz CT molecular complexity index is 914. The van der Waals surface area contributed by atoms with Crippen molar-refractivity contribution in [2.45, 2.75) is 51.8 Å². The number of piperidine rings is 1. The number of carbonyl (C=O) groups excluding carboxylic acids is 1. The molecule has 2 saturated heterocycles. The lowest BCUT2D eigenvalue weighted by molar-refractivity contribution is -0.128. The summed E-state index contributed by atoms with van der Waals surface area (Å²) in [5.41, 5.74) is 2.35. The van der Waals surface area contributed by atoms with Crippen molar-refractivity contribution < 1.29 is 9.53 Å². The number of nitrogens with zero attached hydrogens (tertiary/aromatic N) is 3. The summed E-state index contributed by atoms with van der Waals surface area (Å²) in [7, 11) is 0. The first-order chi connectivity index (χ1) is 15.7. The minimum Gasteiger partial charge on any atom is -0.490 e. The van der Waals surface area contributed by atoms with Gasteiger partial charge in [0.2, 0.25) is 5.91 Å². The van der Waals surface area contributed by atoms with Crippen LogP contribution in [-0.4, -0.2) is 53.9 Å². The van der Waals surface area contributed by atoms with Gasteiger partial charge in [0.05, 0.1) is 6.54 Å². The summed E-state index contributed by atoms with van der Waals surface area (Å²) >= 11 is 0. The number of para-hydroxylation sites is 1. The molecule has 1 N–H and O–H groups in total. The number of aliphatic imine (C=N–C) groups is 1. The van der Waals surface area contributed by atoms with Crippen molar-refractivity contribution in [3.8, 4) is 5.75 Å². The molecule has 7 heteroatoms. The zero-order chi connectivity index (χ0) is 22.2. The van der Waals surface area contributed by atoms with Gasteiger partial charge in [0.15, 0.2) is 5.96 Å². The number of carbonyl (C=O) groups is 1. The van der Waals surface area contributed by atoms with E-state index in [9.17, 15) is 4.79 Å². The maximum Gasteiger partial charge on any atom is 0.222 e. The van der Waals surface area contributed by atoms with Crippen molar-refractivity contribution in [3.05, 3.63) is 65.7 Å². The summed E-state index contributed by atoms with van der Waals surface area (Å²) < 4.78 is 6.13. The van der Waals surface area contributed by atoms with Crippen LogP contribution in [0, 0.1) is 0 Å². The second-order valence-electron chi connectivity index (χ2n) is 8.53. The Kier molecular flexibility index (Phi) is 9.84. The van der Waals surface area contributed by atoms with Gasteiger partial charge in [0.1, 0.15) is 11.9 Å². The van der Waals surface area contributed by atoms with Crippen molar-refractivity contribution in [3.63, 3.8) is 0 Å². The number of amides is 1. The molecule has 1 amide bonds. The predicted octanol–water partition coefficient (Wildman–Crippen LogP) is 4.44. The molecule has 0 atom stereocenters. The van der Waals surface area contributed by atoms with Crippen LogP contribution in [-0.2, 0) is 17.9 Å². The van der Waals surface area contributed by atoms with Gasteiger partial charge in [-0.1, -0.05) is 42.5 Å². The molecule has 0 saturated carbocycles. The molecule has 0 aromatic heterocycles. The fourth-order valence-electron chi connectivity index (χ4n) is 4.39. The molecule has 178 valence electrons. The van der Waals surface area contributed by atoms with Gasteiger partial charge in [-0.3, -0.25) is 4.79 Å². The highest BCUT2D eigenvalue weighted by atomic mass is 127. The van der Waals surface area contributed by atoms with Crippen molar-refractivity contribution in [2.75, 3.05) is 26.2 Å². The van der Waals surface area contributed by atoms with Crippen molar-refractivity contribution in [1.29, 1.82) is 0 Å². The van der Waals surface area contributed by atoms with E-state index < -0.39 is 0 Å². The summed E-state index contributed by atoms with van der Waals surface area (Å²) in [5.74, 6) is 2.18. The normalized spacial score (nSPS) is 17.1. The molecule has 0 radical (unpaired) electrons. The standard InChI is InChI=1S/C26H34N4O2.HI/c1-2-27-26(29-16-13-24(14-17-29)32-23-10-4-3-5-11-23)28-19-21-8-6-9-22(18-21)20-30-15-7-12-25(30)31;/h3-6,8-11,18,24H,2,7,12-17,19-20H2,1H3,(H,27,28);1H. The predicted molar refractivity (Wildman–Crippen MR) is 143 cm³/mol. The largest absolute Gasteiger partial charge is 0.490 e. The summed E-state index contributed by atoms with van der Waals surface area (Å²) in [6, 6.07) is 18.5. The van der Waals surface area contributed by atoms with Gasteiger partial charge in [0, 0.05) is 52.0 Å². The Morgan fingerprint density at radius 1 is 1.06 bits per heavy atom. The maximum atomic E-state index is 11.9. The SMILES string of the molecule is CCNC(=NCc1cccc(CN2CCCC2=O)c1)N1CCC(Oc2ccccc2)CC1.I. The second kappa shape index (κ2) is 12.8. The Morgan fingerprint density at radius 3 is 2.52 bits per heavy atom. The molecule has 0 spiro atoms. The first-order valence-electron chi connectivity index (χ1n) is 11.8. The first-order valence-corrected chi connectivity index (χ1v) is 11.8. The second-order valence-corrected chi connectivity index (χ2v) is 8.53. The number of hydrogen-bond acceptors (Lipinski definition) is 3. The third kappa shape index (κ3) is 7.35. The highest BCUT2D eigenvalue weighted by Gasteiger charge is 2.23. The number of ether oxygens (including phenoxy) is 1. The molecule has 33 heavy (non-hydrogen) atoms. The molecule has 0 unspecified atom stereocenters. The molecule has 0 aliphatic carbocycles. The third-order valence-electron chi connectivity index (χ3n) is 6.07. The molecule has 2 aliphatic rings. The van der Waals surface area contributed by atoms with E-state index in [0.717, 1.165) is 57.2 Å². The van der Waals surface area contributed by atoms with Crippen LogP contribution in [0.25, 0.3) is 0 Å². The molecule has 2 aromatic carbocycles. The molecule has 2 aliphatic heterocycles. The minimum absolute atomic E-state index is 0. The smallest absolute Gasteiger partial charge is 0.222 e. The average molecular weight is 562 g/mol.